The van der Waals surface area contributed by atoms with Gasteiger partial charge in [-0.3, -0.25) is 10.1 Å². The van der Waals surface area contributed by atoms with Gasteiger partial charge in [-0.25, -0.2) is 9.97 Å². The smallest absolute Gasteiger partial charge is 0.258 e. The van der Waals surface area contributed by atoms with Gasteiger partial charge in [0.2, 0.25) is 0 Å². The second-order valence-corrected chi connectivity index (χ2v) is 6.86. The lowest BCUT2D eigenvalue weighted by atomic mass is 10.2. The Balaban J connectivity index is 1.59. The Hall–Kier alpha value is -3.33. The van der Waals surface area contributed by atoms with Crippen LogP contribution in [-0.4, -0.2) is 29.9 Å². The number of fused-ring (bicyclic) bond motifs is 1. The van der Waals surface area contributed by atoms with Crippen molar-refractivity contribution in [2.45, 2.75) is 17.7 Å². The molecule has 4 aromatic rings. The van der Waals surface area contributed by atoms with E-state index in [-0.39, 0.29) is 5.69 Å². The van der Waals surface area contributed by atoms with Crippen molar-refractivity contribution in [2.75, 3.05) is 0 Å². The van der Waals surface area contributed by atoms with E-state index in [1.807, 2.05) is 31.2 Å². The van der Waals surface area contributed by atoms with Crippen molar-refractivity contribution in [3.05, 3.63) is 76.1 Å². The highest BCUT2D eigenvalue weighted by Gasteiger charge is 2.14. The van der Waals surface area contributed by atoms with Crippen molar-refractivity contribution >= 4 is 28.6 Å². The number of hydrogen-bond donors (Lipinski definition) is 0. The molecule has 0 bridgehead atoms. The van der Waals surface area contributed by atoms with E-state index in [4.69, 9.17) is 0 Å². The lowest BCUT2D eigenvalue weighted by molar-refractivity contribution is -0.384. The van der Waals surface area contributed by atoms with Crippen molar-refractivity contribution in [1.29, 1.82) is 0 Å². The minimum Gasteiger partial charge on any atom is -0.258 e. The van der Waals surface area contributed by atoms with Crippen molar-refractivity contribution in [2.24, 2.45) is 0 Å². The number of rotatable bonds is 5. The molecule has 4 rings (SSSR count). The Kier molecular flexibility index (Phi) is 4.51. The van der Waals surface area contributed by atoms with Crippen LogP contribution in [0.3, 0.4) is 0 Å². The van der Waals surface area contributed by atoms with E-state index < -0.39 is 4.92 Å². The lowest BCUT2D eigenvalue weighted by Crippen LogP contribution is -1.98. The molecule has 0 radical (unpaired) electrons. The molecular weight excluding hydrogens is 364 g/mol. The van der Waals surface area contributed by atoms with E-state index in [9.17, 15) is 10.1 Å². The average molecular weight is 378 g/mol. The van der Waals surface area contributed by atoms with E-state index in [1.165, 1.54) is 30.2 Å². The van der Waals surface area contributed by atoms with Crippen LogP contribution in [0.1, 0.15) is 11.1 Å². The largest absolute Gasteiger partial charge is 0.269 e. The molecule has 2 heterocycles. The molecule has 8 nitrogen and oxygen atoms in total. The predicted octanol–water partition coefficient (Wildman–Crippen LogP) is 3.72. The molecule has 0 unspecified atom stereocenters. The van der Waals surface area contributed by atoms with Gasteiger partial charge in [0, 0.05) is 17.9 Å². The monoisotopic (exact) mass is 378 g/mol. The Bertz CT molecular complexity index is 1110. The highest BCUT2D eigenvalue weighted by atomic mass is 32.2. The summed E-state index contributed by atoms with van der Waals surface area (Å²) in [6, 6.07) is 14.4. The number of non-ortho nitro benzene ring substituents is 1. The van der Waals surface area contributed by atoms with E-state index in [1.54, 1.807) is 16.8 Å². The summed E-state index contributed by atoms with van der Waals surface area (Å²) >= 11 is 1.49. The summed E-state index contributed by atoms with van der Waals surface area (Å²) in [4.78, 5) is 19.0. The third-order valence-corrected chi connectivity index (χ3v) is 5.06. The van der Waals surface area contributed by atoms with Crippen molar-refractivity contribution < 1.29 is 4.92 Å². The zero-order valence-electron chi connectivity index (χ0n) is 14.3. The first-order valence-corrected chi connectivity index (χ1v) is 9.10. The van der Waals surface area contributed by atoms with Crippen LogP contribution >= 0.6 is 11.8 Å². The lowest BCUT2D eigenvalue weighted by Gasteiger charge is -2.03. The second kappa shape index (κ2) is 7.12. The zero-order chi connectivity index (χ0) is 18.8. The molecule has 2 aromatic carbocycles. The summed E-state index contributed by atoms with van der Waals surface area (Å²) in [6.07, 6.45) is 1.49. The first-order chi connectivity index (χ1) is 13.1. The van der Waals surface area contributed by atoms with E-state index >= 15 is 0 Å². The number of thioether (sulfide) groups is 1. The maximum Gasteiger partial charge on any atom is 0.269 e. The molecule has 0 aliphatic rings. The number of nitrogens with zero attached hydrogens (tertiary/aromatic N) is 6. The quantitative estimate of drug-likeness (QED) is 0.226. The van der Waals surface area contributed by atoms with Crippen LogP contribution in [0.2, 0.25) is 0 Å². The van der Waals surface area contributed by atoms with Crippen LogP contribution in [-0.2, 0) is 5.75 Å². The zero-order valence-corrected chi connectivity index (χ0v) is 15.1. The average Bonchev–Trinajstić information content (AvgIpc) is 3.12. The van der Waals surface area contributed by atoms with Crippen LogP contribution in [0.25, 0.3) is 16.9 Å². The Morgan fingerprint density at radius 2 is 1.81 bits per heavy atom. The highest BCUT2D eigenvalue weighted by Crippen LogP contribution is 2.27. The second-order valence-electron chi connectivity index (χ2n) is 5.90. The SMILES string of the molecule is Cc1ccc(-n2nnc3c(SCc4ccc([N+](=O)[O-])cc4)ncnc32)cc1. The number of benzene rings is 2. The molecule has 0 aliphatic heterocycles. The summed E-state index contributed by atoms with van der Waals surface area (Å²) in [5.74, 6) is 0.613. The molecule has 0 saturated carbocycles. The number of aryl methyl sites for hydroxylation is 1. The molecule has 0 saturated heterocycles. The maximum absolute atomic E-state index is 10.7. The molecule has 0 fully saturated rings. The summed E-state index contributed by atoms with van der Waals surface area (Å²) in [6.45, 7) is 2.03. The van der Waals surface area contributed by atoms with Crippen molar-refractivity contribution in [1.82, 2.24) is 25.0 Å². The molecule has 0 aliphatic carbocycles. The Morgan fingerprint density at radius 3 is 2.52 bits per heavy atom. The number of nitro groups is 1. The first kappa shape index (κ1) is 17.1. The Morgan fingerprint density at radius 1 is 1.07 bits per heavy atom. The number of nitro benzene ring substituents is 1. The minimum absolute atomic E-state index is 0.0780. The maximum atomic E-state index is 10.7. The van der Waals surface area contributed by atoms with E-state index in [2.05, 4.69) is 20.3 Å². The van der Waals surface area contributed by atoms with Crippen LogP contribution < -0.4 is 0 Å². The summed E-state index contributed by atoms with van der Waals surface area (Å²) in [5.41, 5.74) is 4.35. The molecule has 0 N–H and O–H groups in total. The van der Waals surface area contributed by atoms with Crippen LogP contribution in [0.4, 0.5) is 5.69 Å². The first-order valence-electron chi connectivity index (χ1n) is 8.11. The normalized spacial score (nSPS) is 11.0. The van der Waals surface area contributed by atoms with Gasteiger partial charge < -0.3 is 0 Å². The third kappa shape index (κ3) is 3.49. The fourth-order valence-electron chi connectivity index (χ4n) is 2.56. The van der Waals surface area contributed by atoms with Gasteiger partial charge in [0.05, 0.1) is 10.6 Å². The number of aromatic nitrogens is 5. The van der Waals surface area contributed by atoms with Gasteiger partial charge in [0.1, 0.15) is 11.4 Å². The van der Waals surface area contributed by atoms with Gasteiger partial charge >= 0.3 is 0 Å². The summed E-state index contributed by atoms with van der Waals surface area (Å²) in [7, 11) is 0. The van der Waals surface area contributed by atoms with Gasteiger partial charge in [-0.1, -0.05) is 46.8 Å². The molecular formula is C18H14N6O2S. The van der Waals surface area contributed by atoms with E-state index in [0.717, 1.165) is 21.8 Å². The van der Waals surface area contributed by atoms with Crippen LogP contribution in [0, 0.1) is 17.0 Å². The van der Waals surface area contributed by atoms with Crippen LogP contribution in [0.5, 0.6) is 0 Å². The molecule has 134 valence electrons. The standard InChI is InChI=1S/C18H14N6O2S/c1-12-2-6-14(7-3-12)23-17-16(21-22-23)18(20-11-19-17)27-10-13-4-8-15(9-5-13)24(25)26/h2-9,11H,10H2,1H3. The van der Waals surface area contributed by atoms with Crippen LogP contribution in [0.15, 0.2) is 59.9 Å². The molecule has 27 heavy (non-hydrogen) atoms. The van der Waals surface area contributed by atoms with Gasteiger partial charge in [-0.15, -0.1) is 5.10 Å². The Labute approximate surface area is 158 Å². The van der Waals surface area contributed by atoms with Gasteiger partial charge in [0.15, 0.2) is 11.2 Å². The fraction of sp³-hybridized carbons (Fsp3) is 0.111. The van der Waals surface area contributed by atoms with Gasteiger partial charge in [0.25, 0.3) is 5.69 Å². The van der Waals surface area contributed by atoms with Gasteiger partial charge in [-0.05, 0) is 24.6 Å². The topological polar surface area (TPSA) is 99.6 Å². The fourth-order valence-corrected chi connectivity index (χ4v) is 3.45. The molecule has 0 amide bonds. The highest BCUT2D eigenvalue weighted by molar-refractivity contribution is 7.98. The molecule has 0 atom stereocenters. The van der Waals surface area contributed by atoms with Crippen molar-refractivity contribution in [3.8, 4) is 5.69 Å². The third-order valence-electron chi connectivity index (χ3n) is 4.01. The van der Waals surface area contributed by atoms with Gasteiger partial charge in [-0.2, -0.15) is 4.68 Å². The molecule has 2 aromatic heterocycles. The number of hydrogen-bond acceptors (Lipinski definition) is 7. The van der Waals surface area contributed by atoms with Crippen molar-refractivity contribution in [3.63, 3.8) is 0 Å². The molecule has 9 heteroatoms. The predicted molar refractivity (Wildman–Crippen MR) is 102 cm³/mol. The summed E-state index contributed by atoms with van der Waals surface area (Å²) in [5, 5.41) is 19.9. The van der Waals surface area contributed by atoms with E-state index in [0.29, 0.717) is 16.9 Å². The summed E-state index contributed by atoms with van der Waals surface area (Å²) < 4.78 is 1.69. The minimum atomic E-state index is -0.408. The molecule has 0 spiro atoms.